The number of methoxy groups -OCH3 is 1. The van der Waals surface area contributed by atoms with Crippen molar-refractivity contribution in [2.24, 2.45) is 5.73 Å². The van der Waals surface area contributed by atoms with Crippen molar-refractivity contribution >= 4 is 34.9 Å². The van der Waals surface area contributed by atoms with Gasteiger partial charge in [-0.3, -0.25) is 19.3 Å². The van der Waals surface area contributed by atoms with E-state index in [1.807, 2.05) is 13.0 Å². The van der Waals surface area contributed by atoms with Gasteiger partial charge >= 0.3 is 0 Å². The first-order valence-electron chi connectivity index (χ1n) is 7.89. The summed E-state index contributed by atoms with van der Waals surface area (Å²) in [5.74, 6) is -0.148. The van der Waals surface area contributed by atoms with Crippen LogP contribution in [-0.2, 0) is 16.0 Å². The zero-order chi connectivity index (χ0) is 19.3. The summed E-state index contributed by atoms with van der Waals surface area (Å²) in [5.41, 5.74) is 6.60. The molecule has 0 unspecified atom stereocenters. The van der Waals surface area contributed by atoms with Gasteiger partial charge in [0.2, 0.25) is 5.91 Å². The highest BCUT2D eigenvalue weighted by Crippen LogP contribution is 2.37. The smallest absolute Gasteiger partial charge is 0.294 e. The molecule has 0 bridgehead atoms. The van der Waals surface area contributed by atoms with Gasteiger partial charge in [0.05, 0.1) is 18.6 Å². The van der Waals surface area contributed by atoms with Crippen molar-refractivity contribution in [3.63, 3.8) is 0 Å². The maximum absolute atomic E-state index is 12.3. The standard InChI is InChI=1S/C18H20N2O5S/c1-4-6-12-7-11(8-13(25-5-2)16(12)24-3)9-14-17(22)20(10-15(19)21)18(23)26-14/h4,7-9H,1,5-6,10H2,2-3H3,(H2,19,21)/b14-9-. The van der Waals surface area contributed by atoms with Gasteiger partial charge in [0, 0.05) is 5.56 Å². The summed E-state index contributed by atoms with van der Waals surface area (Å²) in [6.45, 7) is 5.60. The minimum Gasteiger partial charge on any atom is -0.493 e. The molecule has 7 nitrogen and oxygen atoms in total. The highest BCUT2D eigenvalue weighted by Gasteiger charge is 2.35. The quantitative estimate of drug-likeness (QED) is 0.552. The zero-order valence-corrected chi connectivity index (χ0v) is 15.4. The first kappa shape index (κ1) is 19.6. The van der Waals surface area contributed by atoms with Gasteiger partial charge in [0.1, 0.15) is 6.54 Å². The number of rotatable bonds is 8. The fraction of sp³-hybridized carbons (Fsp3) is 0.278. The third-order valence-corrected chi connectivity index (χ3v) is 4.42. The Labute approximate surface area is 155 Å². The van der Waals surface area contributed by atoms with E-state index in [1.165, 1.54) is 0 Å². The minimum atomic E-state index is -0.745. The lowest BCUT2D eigenvalue weighted by Gasteiger charge is -2.14. The molecule has 0 radical (unpaired) electrons. The number of benzene rings is 1. The Morgan fingerprint density at radius 3 is 2.69 bits per heavy atom. The Kier molecular flexibility index (Phi) is 6.46. The maximum atomic E-state index is 12.3. The van der Waals surface area contributed by atoms with E-state index in [4.69, 9.17) is 15.2 Å². The van der Waals surface area contributed by atoms with Gasteiger partial charge in [-0.2, -0.15) is 0 Å². The van der Waals surface area contributed by atoms with E-state index >= 15 is 0 Å². The van der Waals surface area contributed by atoms with Crippen LogP contribution in [0.4, 0.5) is 4.79 Å². The number of hydrogen-bond donors (Lipinski definition) is 1. The second kappa shape index (κ2) is 8.57. The number of allylic oxidation sites excluding steroid dienone is 1. The number of amides is 3. The molecule has 1 saturated heterocycles. The van der Waals surface area contributed by atoms with E-state index in [0.29, 0.717) is 30.1 Å². The van der Waals surface area contributed by atoms with Gasteiger partial charge in [-0.15, -0.1) is 6.58 Å². The number of carbonyl (C=O) groups is 3. The highest BCUT2D eigenvalue weighted by molar-refractivity contribution is 8.18. The average Bonchev–Trinajstić information content (AvgIpc) is 2.82. The Bertz CT molecular complexity index is 788. The summed E-state index contributed by atoms with van der Waals surface area (Å²) in [4.78, 5) is 36.3. The molecule has 2 rings (SSSR count). The van der Waals surface area contributed by atoms with Crippen molar-refractivity contribution in [2.75, 3.05) is 20.3 Å². The highest BCUT2D eigenvalue weighted by atomic mass is 32.2. The topological polar surface area (TPSA) is 98.9 Å². The number of hydrogen-bond acceptors (Lipinski definition) is 6. The molecule has 1 aliphatic heterocycles. The van der Waals surface area contributed by atoms with Crippen molar-refractivity contribution in [3.05, 3.63) is 40.8 Å². The van der Waals surface area contributed by atoms with Crippen molar-refractivity contribution in [2.45, 2.75) is 13.3 Å². The fourth-order valence-corrected chi connectivity index (χ4v) is 3.35. The summed E-state index contributed by atoms with van der Waals surface area (Å²) in [6.07, 6.45) is 3.87. The van der Waals surface area contributed by atoms with E-state index in [-0.39, 0.29) is 4.91 Å². The van der Waals surface area contributed by atoms with Crippen molar-refractivity contribution in [3.8, 4) is 11.5 Å². The molecule has 1 aliphatic rings. The fourth-order valence-electron chi connectivity index (χ4n) is 2.51. The molecule has 0 aliphatic carbocycles. The van der Waals surface area contributed by atoms with Crippen molar-refractivity contribution < 1.29 is 23.9 Å². The van der Waals surface area contributed by atoms with Crippen LogP contribution in [0.5, 0.6) is 11.5 Å². The molecule has 0 saturated carbocycles. The second-order valence-electron chi connectivity index (χ2n) is 5.37. The number of imide groups is 1. The van der Waals surface area contributed by atoms with Gasteiger partial charge in [0.25, 0.3) is 11.1 Å². The Morgan fingerprint density at radius 1 is 1.38 bits per heavy atom. The predicted molar refractivity (Wildman–Crippen MR) is 99.9 cm³/mol. The van der Waals surface area contributed by atoms with E-state index in [9.17, 15) is 14.4 Å². The number of nitrogens with zero attached hydrogens (tertiary/aromatic N) is 1. The Hall–Kier alpha value is -2.74. The van der Waals surface area contributed by atoms with Gasteiger partial charge in [-0.25, -0.2) is 0 Å². The zero-order valence-electron chi connectivity index (χ0n) is 14.6. The van der Waals surface area contributed by atoms with Crippen molar-refractivity contribution in [1.29, 1.82) is 0 Å². The number of primary amides is 1. The SMILES string of the molecule is C=CCc1cc(/C=C2\SC(=O)N(CC(N)=O)C2=O)cc(OCC)c1OC. The van der Waals surface area contributed by atoms with Crippen LogP contribution in [0, 0.1) is 0 Å². The molecule has 1 aromatic rings. The lowest BCUT2D eigenvalue weighted by atomic mass is 10.0. The van der Waals surface area contributed by atoms with Crippen molar-refractivity contribution in [1.82, 2.24) is 4.90 Å². The summed E-state index contributed by atoms with van der Waals surface area (Å²) in [5, 5.41) is -0.523. The third kappa shape index (κ3) is 4.26. The largest absolute Gasteiger partial charge is 0.493 e. The predicted octanol–water partition coefficient (Wildman–Crippen LogP) is 2.34. The number of carbonyl (C=O) groups excluding carboxylic acids is 3. The van der Waals surface area contributed by atoms with Crippen LogP contribution in [0.3, 0.4) is 0 Å². The average molecular weight is 376 g/mol. The Balaban J connectivity index is 2.43. The van der Waals surface area contributed by atoms with Crippen LogP contribution in [0.2, 0.25) is 0 Å². The molecule has 26 heavy (non-hydrogen) atoms. The number of thioether (sulfide) groups is 1. The first-order chi connectivity index (χ1) is 12.4. The number of ether oxygens (including phenoxy) is 2. The van der Waals surface area contributed by atoms with E-state index in [1.54, 1.807) is 25.3 Å². The molecule has 138 valence electrons. The van der Waals surface area contributed by atoms with Gasteiger partial charge < -0.3 is 15.2 Å². The molecular formula is C18H20N2O5S. The summed E-state index contributed by atoms with van der Waals surface area (Å²) in [7, 11) is 1.55. The van der Waals surface area contributed by atoms with Gasteiger partial charge in [0.15, 0.2) is 11.5 Å². The molecule has 1 heterocycles. The Morgan fingerprint density at radius 2 is 2.12 bits per heavy atom. The minimum absolute atomic E-state index is 0.216. The summed E-state index contributed by atoms with van der Waals surface area (Å²) >= 11 is 0.766. The van der Waals surface area contributed by atoms with Crippen LogP contribution in [0.15, 0.2) is 29.7 Å². The molecule has 1 fully saturated rings. The lowest BCUT2D eigenvalue weighted by molar-refractivity contribution is -0.127. The van der Waals surface area contributed by atoms with Crippen LogP contribution < -0.4 is 15.2 Å². The number of nitrogens with two attached hydrogens (primary N) is 1. The molecule has 0 atom stereocenters. The monoisotopic (exact) mass is 376 g/mol. The maximum Gasteiger partial charge on any atom is 0.294 e. The van der Waals surface area contributed by atoms with Gasteiger partial charge in [-0.1, -0.05) is 6.08 Å². The molecule has 0 aromatic heterocycles. The van der Waals surface area contributed by atoms with Crippen LogP contribution in [-0.4, -0.2) is 42.2 Å². The van der Waals surface area contributed by atoms with E-state index in [2.05, 4.69) is 6.58 Å². The third-order valence-electron chi connectivity index (χ3n) is 3.51. The van der Waals surface area contributed by atoms with E-state index < -0.39 is 23.6 Å². The van der Waals surface area contributed by atoms with Gasteiger partial charge in [-0.05, 0) is 48.9 Å². The lowest BCUT2D eigenvalue weighted by Crippen LogP contribution is -2.36. The molecule has 1 aromatic carbocycles. The van der Waals surface area contributed by atoms with Crippen LogP contribution in [0.25, 0.3) is 6.08 Å². The van der Waals surface area contributed by atoms with Crippen LogP contribution >= 0.6 is 11.8 Å². The van der Waals surface area contributed by atoms with E-state index in [0.717, 1.165) is 22.2 Å². The molecular weight excluding hydrogens is 356 g/mol. The second-order valence-corrected chi connectivity index (χ2v) is 6.36. The molecule has 0 spiro atoms. The molecule has 2 N–H and O–H groups in total. The van der Waals surface area contributed by atoms with Crippen LogP contribution in [0.1, 0.15) is 18.1 Å². The molecule has 3 amide bonds. The summed E-state index contributed by atoms with van der Waals surface area (Å²) in [6, 6.07) is 3.57. The normalized spacial score (nSPS) is 15.5. The molecule has 8 heteroatoms. The summed E-state index contributed by atoms with van der Waals surface area (Å²) < 4.78 is 11.0. The first-order valence-corrected chi connectivity index (χ1v) is 8.71.